The lowest BCUT2D eigenvalue weighted by Crippen LogP contribution is -2.47. The fourth-order valence-corrected chi connectivity index (χ4v) is 3.46. The van der Waals surface area contributed by atoms with E-state index in [1.165, 1.54) is 4.31 Å². The van der Waals surface area contributed by atoms with Crippen LogP contribution in [-0.2, 0) is 14.8 Å². The van der Waals surface area contributed by atoms with Crippen molar-refractivity contribution in [2.45, 2.75) is 6.42 Å². The maximum Gasteiger partial charge on any atom is 0.225 e. The average Bonchev–Trinajstić information content (AvgIpc) is 2.47. The molecule has 1 fully saturated rings. The van der Waals surface area contributed by atoms with E-state index in [0.717, 1.165) is 0 Å². The van der Waals surface area contributed by atoms with Gasteiger partial charge in [0.15, 0.2) is 0 Å². The molecule has 110 valence electrons. The minimum atomic E-state index is -3.34. The Morgan fingerprint density at radius 1 is 1.20 bits per heavy atom. The summed E-state index contributed by atoms with van der Waals surface area (Å²) in [6.07, 6.45) is -0.0266. The Hall–Kier alpha value is -1.44. The van der Waals surface area contributed by atoms with E-state index in [-0.39, 0.29) is 18.1 Å². The molecule has 1 heterocycles. The van der Waals surface area contributed by atoms with Gasteiger partial charge in [0, 0.05) is 38.3 Å². The van der Waals surface area contributed by atoms with Crippen LogP contribution in [-0.4, -0.2) is 50.6 Å². The number of nitrogens with zero attached hydrogens (tertiary/aromatic N) is 1. The second kappa shape index (κ2) is 6.83. The molecule has 0 aromatic heterocycles. The van der Waals surface area contributed by atoms with Gasteiger partial charge in [-0.25, -0.2) is 8.42 Å². The van der Waals surface area contributed by atoms with Gasteiger partial charge in [-0.3, -0.25) is 4.79 Å². The summed E-state index contributed by atoms with van der Waals surface area (Å²) in [5.74, 6) is -0.430. The molecule has 1 amide bonds. The van der Waals surface area contributed by atoms with Crippen LogP contribution in [0, 0.1) is 0 Å². The lowest BCUT2D eigenvalue weighted by atomic mass is 10.3. The molecule has 1 saturated heterocycles. The number of anilines is 1. The summed E-state index contributed by atoms with van der Waals surface area (Å²) in [4.78, 5) is 11.7. The van der Waals surface area contributed by atoms with Crippen LogP contribution in [0.5, 0.6) is 0 Å². The zero-order chi connectivity index (χ0) is 14.4. The Morgan fingerprint density at radius 2 is 1.85 bits per heavy atom. The zero-order valence-electron chi connectivity index (χ0n) is 11.2. The first-order valence-electron chi connectivity index (χ1n) is 6.61. The van der Waals surface area contributed by atoms with Gasteiger partial charge in [-0.1, -0.05) is 18.2 Å². The van der Waals surface area contributed by atoms with Crippen molar-refractivity contribution in [2.75, 3.05) is 37.2 Å². The fraction of sp³-hybridized carbons (Fsp3) is 0.462. The lowest BCUT2D eigenvalue weighted by molar-refractivity contribution is -0.115. The zero-order valence-corrected chi connectivity index (χ0v) is 12.0. The highest BCUT2D eigenvalue weighted by molar-refractivity contribution is 7.89. The van der Waals surface area contributed by atoms with E-state index in [1.54, 1.807) is 12.1 Å². The van der Waals surface area contributed by atoms with E-state index in [4.69, 9.17) is 0 Å². The second-order valence-electron chi connectivity index (χ2n) is 4.63. The van der Waals surface area contributed by atoms with Gasteiger partial charge in [-0.05, 0) is 12.1 Å². The minimum Gasteiger partial charge on any atom is -0.326 e. The average molecular weight is 297 g/mol. The maximum atomic E-state index is 12.1. The van der Waals surface area contributed by atoms with Crippen LogP contribution in [0.25, 0.3) is 0 Å². The molecule has 0 spiro atoms. The van der Waals surface area contributed by atoms with Crippen LogP contribution in [0.2, 0.25) is 0 Å². The predicted molar refractivity (Wildman–Crippen MR) is 77.9 cm³/mol. The molecule has 1 aliphatic rings. The molecule has 6 nitrogen and oxygen atoms in total. The molecule has 2 rings (SSSR count). The first-order valence-corrected chi connectivity index (χ1v) is 8.22. The third kappa shape index (κ3) is 4.29. The number of benzene rings is 1. The minimum absolute atomic E-state index is 0.0266. The topological polar surface area (TPSA) is 78.5 Å². The first kappa shape index (κ1) is 15.0. The van der Waals surface area contributed by atoms with Crippen molar-refractivity contribution < 1.29 is 13.2 Å². The summed E-state index contributed by atoms with van der Waals surface area (Å²) in [5, 5.41) is 5.78. The van der Waals surface area contributed by atoms with Crippen LogP contribution < -0.4 is 10.6 Å². The second-order valence-corrected chi connectivity index (χ2v) is 6.72. The van der Waals surface area contributed by atoms with Gasteiger partial charge < -0.3 is 10.6 Å². The summed E-state index contributed by atoms with van der Waals surface area (Å²) in [6, 6.07) is 9.01. The van der Waals surface area contributed by atoms with Gasteiger partial charge in [0.05, 0.1) is 5.75 Å². The van der Waals surface area contributed by atoms with Crippen molar-refractivity contribution in [3.05, 3.63) is 30.3 Å². The number of rotatable bonds is 5. The standard InChI is InChI=1S/C13H19N3O3S/c17-13(15-12-4-2-1-3-5-12)6-11-20(18,19)16-9-7-14-8-10-16/h1-5,14H,6-11H2,(H,15,17). The quantitative estimate of drug-likeness (QED) is 0.816. The SMILES string of the molecule is O=C(CCS(=O)(=O)N1CCNCC1)Nc1ccccc1. The number of sulfonamides is 1. The third-order valence-corrected chi connectivity index (χ3v) is 4.99. The normalized spacial score (nSPS) is 16.8. The van der Waals surface area contributed by atoms with Gasteiger partial charge in [-0.15, -0.1) is 0 Å². The number of nitrogens with one attached hydrogen (secondary N) is 2. The molecule has 1 aromatic rings. The Balaban J connectivity index is 1.83. The third-order valence-electron chi connectivity index (χ3n) is 3.11. The van der Waals surface area contributed by atoms with Gasteiger partial charge in [0.1, 0.15) is 0 Å². The summed E-state index contributed by atoms with van der Waals surface area (Å²) < 4.78 is 25.6. The van der Waals surface area contributed by atoms with Crippen LogP contribution >= 0.6 is 0 Å². The van der Waals surface area contributed by atoms with E-state index >= 15 is 0 Å². The van der Waals surface area contributed by atoms with E-state index < -0.39 is 10.0 Å². The predicted octanol–water partition coefficient (Wildman–Crippen LogP) is 0.250. The summed E-state index contributed by atoms with van der Waals surface area (Å²) in [5.41, 5.74) is 0.678. The molecule has 0 saturated carbocycles. The van der Waals surface area contributed by atoms with Crippen molar-refractivity contribution in [3.8, 4) is 0 Å². The van der Waals surface area contributed by atoms with E-state index in [1.807, 2.05) is 18.2 Å². The Labute approximate surface area is 119 Å². The van der Waals surface area contributed by atoms with Gasteiger partial charge in [0.2, 0.25) is 15.9 Å². The number of para-hydroxylation sites is 1. The van der Waals surface area contributed by atoms with Crippen molar-refractivity contribution in [3.63, 3.8) is 0 Å². The summed E-state index contributed by atoms with van der Waals surface area (Å²) in [6.45, 7) is 2.27. The highest BCUT2D eigenvalue weighted by atomic mass is 32.2. The monoisotopic (exact) mass is 297 g/mol. The molecular formula is C13H19N3O3S. The molecule has 1 aliphatic heterocycles. The van der Waals surface area contributed by atoms with E-state index in [0.29, 0.717) is 31.9 Å². The molecular weight excluding hydrogens is 278 g/mol. The number of carbonyl (C=O) groups is 1. The number of hydrogen-bond donors (Lipinski definition) is 2. The van der Waals surface area contributed by atoms with Gasteiger partial charge in [-0.2, -0.15) is 4.31 Å². The number of amides is 1. The largest absolute Gasteiger partial charge is 0.326 e. The lowest BCUT2D eigenvalue weighted by Gasteiger charge is -2.26. The van der Waals surface area contributed by atoms with Gasteiger partial charge in [0.25, 0.3) is 0 Å². The van der Waals surface area contributed by atoms with E-state index in [2.05, 4.69) is 10.6 Å². The van der Waals surface area contributed by atoms with Crippen LogP contribution in [0.15, 0.2) is 30.3 Å². The number of piperazine rings is 1. The molecule has 0 radical (unpaired) electrons. The van der Waals surface area contributed by atoms with Crippen molar-refractivity contribution in [1.29, 1.82) is 0 Å². The maximum absolute atomic E-state index is 12.1. The number of carbonyl (C=O) groups excluding carboxylic acids is 1. The van der Waals surface area contributed by atoms with E-state index in [9.17, 15) is 13.2 Å². The first-order chi connectivity index (χ1) is 9.58. The Bertz CT molecular complexity index is 539. The van der Waals surface area contributed by atoms with Crippen molar-refractivity contribution >= 4 is 21.6 Å². The summed E-state index contributed by atoms with van der Waals surface area (Å²) >= 11 is 0. The number of hydrogen-bond acceptors (Lipinski definition) is 4. The molecule has 20 heavy (non-hydrogen) atoms. The Morgan fingerprint density at radius 3 is 2.50 bits per heavy atom. The molecule has 0 unspecified atom stereocenters. The molecule has 1 aromatic carbocycles. The smallest absolute Gasteiger partial charge is 0.225 e. The molecule has 0 aliphatic carbocycles. The molecule has 0 atom stereocenters. The highest BCUT2D eigenvalue weighted by Gasteiger charge is 2.24. The van der Waals surface area contributed by atoms with Crippen molar-refractivity contribution in [2.24, 2.45) is 0 Å². The Kier molecular flexibility index (Phi) is 5.11. The fourth-order valence-electron chi connectivity index (χ4n) is 2.02. The molecule has 2 N–H and O–H groups in total. The molecule has 0 bridgehead atoms. The van der Waals surface area contributed by atoms with Crippen LogP contribution in [0.4, 0.5) is 5.69 Å². The van der Waals surface area contributed by atoms with Crippen LogP contribution in [0.1, 0.15) is 6.42 Å². The summed E-state index contributed by atoms with van der Waals surface area (Å²) in [7, 11) is -3.34. The highest BCUT2D eigenvalue weighted by Crippen LogP contribution is 2.08. The molecule has 7 heteroatoms. The van der Waals surface area contributed by atoms with Crippen LogP contribution in [0.3, 0.4) is 0 Å². The van der Waals surface area contributed by atoms with Gasteiger partial charge >= 0.3 is 0 Å². The van der Waals surface area contributed by atoms with Crippen molar-refractivity contribution in [1.82, 2.24) is 9.62 Å².